The Morgan fingerprint density at radius 1 is 1.33 bits per heavy atom. The van der Waals surface area contributed by atoms with Crippen LogP contribution < -0.4 is 11.1 Å². The minimum atomic E-state index is 0.180. The van der Waals surface area contributed by atoms with Crippen molar-refractivity contribution in [3.63, 3.8) is 0 Å². The molecular weight excluding hydrogens is 188 g/mol. The molecule has 1 amide bonds. The molecule has 2 unspecified atom stereocenters. The van der Waals surface area contributed by atoms with Gasteiger partial charge in [0.05, 0.1) is 0 Å². The third-order valence-corrected chi connectivity index (χ3v) is 3.32. The van der Waals surface area contributed by atoms with Gasteiger partial charge in [-0.3, -0.25) is 4.79 Å². The van der Waals surface area contributed by atoms with Crippen LogP contribution in [0.5, 0.6) is 0 Å². The minimum absolute atomic E-state index is 0.180. The molecule has 1 aliphatic rings. The summed E-state index contributed by atoms with van der Waals surface area (Å²) in [6.45, 7) is 2.85. The van der Waals surface area contributed by atoms with Crippen molar-refractivity contribution >= 4 is 5.91 Å². The molecule has 1 saturated carbocycles. The van der Waals surface area contributed by atoms with Gasteiger partial charge in [-0.1, -0.05) is 26.2 Å². The standard InChI is InChI=1S/C12H24N2O/c1-10-6-3-2-4-7-11(10)14-12(15)8-5-9-13/h10-11H,2-9,13H2,1H3,(H,14,15). The van der Waals surface area contributed by atoms with Crippen molar-refractivity contribution in [1.29, 1.82) is 0 Å². The van der Waals surface area contributed by atoms with Crippen LogP contribution in [-0.2, 0) is 4.79 Å². The van der Waals surface area contributed by atoms with E-state index in [9.17, 15) is 4.79 Å². The molecular formula is C12H24N2O. The van der Waals surface area contributed by atoms with E-state index in [4.69, 9.17) is 5.73 Å². The molecule has 0 aliphatic heterocycles. The lowest BCUT2D eigenvalue weighted by Crippen LogP contribution is -2.38. The smallest absolute Gasteiger partial charge is 0.220 e. The number of amides is 1. The second-order valence-electron chi connectivity index (χ2n) is 4.68. The van der Waals surface area contributed by atoms with Crippen molar-refractivity contribution in [2.24, 2.45) is 11.7 Å². The zero-order valence-corrected chi connectivity index (χ0v) is 9.80. The van der Waals surface area contributed by atoms with Gasteiger partial charge in [-0.2, -0.15) is 0 Å². The van der Waals surface area contributed by atoms with Crippen LogP contribution in [0.1, 0.15) is 51.9 Å². The monoisotopic (exact) mass is 212 g/mol. The van der Waals surface area contributed by atoms with Crippen LogP contribution >= 0.6 is 0 Å². The van der Waals surface area contributed by atoms with Crippen LogP contribution in [0, 0.1) is 5.92 Å². The molecule has 0 saturated heterocycles. The van der Waals surface area contributed by atoms with Crippen LogP contribution in [0.3, 0.4) is 0 Å². The van der Waals surface area contributed by atoms with E-state index in [2.05, 4.69) is 12.2 Å². The Bertz CT molecular complexity index is 194. The number of carbonyl (C=O) groups is 1. The summed E-state index contributed by atoms with van der Waals surface area (Å²) in [4.78, 5) is 11.6. The van der Waals surface area contributed by atoms with E-state index in [1.807, 2.05) is 0 Å². The molecule has 0 spiro atoms. The van der Waals surface area contributed by atoms with Crippen LogP contribution in [-0.4, -0.2) is 18.5 Å². The summed E-state index contributed by atoms with van der Waals surface area (Å²) in [6, 6.07) is 0.401. The molecule has 0 aromatic rings. The summed E-state index contributed by atoms with van der Waals surface area (Å²) < 4.78 is 0. The van der Waals surface area contributed by atoms with E-state index >= 15 is 0 Å². The van der Waals surface area contributed by atoms with E-state index in [1.165, 1.54) is 25.7 Å². The van der Waals surface area contributed by atoms with Gasteiger partial charge in [0, 0.05) is 12.5 Å². The molecule has 3 heteroatoms. The van der Waals surface area contributed by atoms with Crippen LogP contribution in [0.25, 0.3) is 0 Å². The fourth-order valence-corrected chi connectivity index (χ4v) is 2.25. The highest BCUT2D eigenvalue weighted by molar-refractivity contribution is 5.76. The zero-order valence-electron chi connectivity index (χ0n) is 9.80. The SMILES string of the molecule is CC1CCCCCC1NC(=O)CCCN. The molecule has 3 N–H and O–H groups in total. The number of hydrogen-bond donors (Lipinski definition) is 2. The molecule has 88 valence electrons. The highest BCUT2D eigenvalue weighted by Gasteiger charge is 2.20. The average Bonchev–Trinajstić information content (AvgIpc) is 2.42. The maximum Gasteiger partial charge on any atom is 0.220 e. The van der Waals surface area contributed by atoms with E-state index in [0.29, 0.717) is 24.9 Å². The summed E-state index contributed by atoms with van der Waals surface area (Å²) >= 11 is 0. The number of nitrogens with two attached hydrogens (primary N) is 1. The van der Waals surface area contributed by atoms with Crippen LogP contribution in [0.15, 0.2) is 0 Å². The van der Waals surface area contributed by atoms with Gasteiger partial charge < -0.3 is 11.1 Å². The second kappa shape index (κ2) is 6.83. The van der Waals surface area contributed by atoms with E-state index in [0.717, 1.165) is 12.8 Å². The first-order valence-electron chi connectivity index (χ1n) is 6.23. The van der Waals surface area contributed by atoms with Gasteiger partial charge in [0.2, 0.25) is 5.91 Å². The van der Waals surface area contributed by atoms with Crippen molar-refractivity contribution in [3.8, 4) is 0 Å². The fourth-order valence-electron chi connectivity index (χ4n) is 2.25. The molecule has 0 heterocycles. The quantitative estimate of drug-likeness (QED) is 0.698. The molecule has 1 aliphatic carbocycles. The number of carbonyl (C=O) groups excluding carboxylic acids is 1. The molecule has 0 aromatic heterocycles. The van der Waals surface area contributed by atoms with E-state index < -0.39 is 0 Å². The Morgan fingerprint density at radius 2 is 2.07 bits per heavy atom. The molecule has 0 aromatic carbocycles. The predicted octanol–water partition coefficient (Wildman–Crippen LogP) is 1.81. The maximum absolute atomic E-state index is 11.6. The topological polar surface area (TPSA) is 55.1 Å². The Labute approximate surface area is 92.8 Å². The molecule has 0 radical (unpaired) electrons. The summed E-state index contributed by atoms with van der Waals surface area (Å²) in [5, 5.41) is 3.15. The average molecular weight is 212 g/mol. The lowest BCUT2D eigenvalue weighted by Gasteiger charge is -2.22. The van der Waals surface area contributed by atoms with Gasteiger partial charge >= 0.3 is 0 Å². The number of nitrogens with one attached hydrogen (secondary N) is 1. The third-order valence-electron chi connectivity index (χ3n) is 3.32. The van der Waals surface area contributed by atoms with E-state index in [-0.39, 0.29) is 5.91 Å². The van der Waals surface area contributed by atoms with E-state index in [1.54, 1.807) is 0 Å². The molecule has 3 nitrogen and oxygen atoms in total. The minimum Gasteiger partial charge on any atom is -0.353 e. The van der Waals surface area contributed by atoms with Crippen molar-refractivity contribution in [1.82, 2.24) is 5.32 Å². The van der Waals surface area contributed by atoms with Gasteiger partial charge in [0.15, 0.2) is 0 Å². The first kappa shape index (κ1) is 12.5. The molecule has 15 heavy (non-hydrogen) atoms. The first-order chi connectivity index (χ1) is 7.24. The fraction of sp³-hybridized carbons (Fsp3) is 0.917. The Kier molecular flexibility index (Phi) is 5.69. The summed E-state index contributed by atoms with van der Waals surface area (Å²) in [5.74, 6) is 0.813. The molecule has 1 rings (SSSR count). The maximum atomic E-state index is 11.6. The Morgan fingerprint density at radius 3 is 2.80 bits per heavy atom. The lowest BCUT2D eigenvalue weighted by molar-refractivity contribution is -0.122. The summed E-state index contributed by atoms with van der Waals surface area (Å²) in [7, 11) is 0. The first-order valence-corrected chi connectivity index (χ1v) is 6.23. The summed E-state index contributed by atoms with van der Waals surface area (Å²) in [6.07, 6.45) is 7.67. The second-order valence-corrected chi connectivity index (χ2v) is 4.68. The number of rotatable bonds is 4. The van der Waals surface area contributed by atoms with Crippen LogP contribution in [0.2, 0.25) is 0 Å². The Hall–Kier alpha value is -0.570. The van der Waals surface area contributed by atoms with Gasteiger partial charge in [0.1, 0.15) is 0 Å². The highest BCUT2D eigenvalue weighted by Crippen LogP contribution is 2.22. The van der Waals surface area contributed by atoms with Gasteiger partial charge in [-0.25, -0.2) is 0 Å². The van der Waals surface area contributed by atoms with Crippen molar-refractivity contribution in [2.75, 3.05) is 6.54 Å². The summed E-state index contributed by atoms with van der Waals surface area (Å²) in [5.41, 5.74) is 5.38. The molecule has 0 bridgehead atoms. The van der Waals surface area contributed by atoms with Gasteiger partial charge in [-0.05, 0) is 31.7 Å². The third kappa shape index (κ3) is 4.65. The Balaban J connectivity index is 2.30. The molecule has 2 atom stereocenters. The highest BCUT2D eigenvalue weighted by atomic mass is 16.1. The van der Waals surface area contributed by atoms with Crippen molar-refractivity contribution in [2.45, 2.75) is 57.9 Å². The number of hydrogen-bond acceptors (Lipinski definition) is 2. The van der Waals surface area contributed by atoms with Gasteiger partial charge in [0.25, 0.3) is 0 Å². The lowest BCUT2D eigenvalue weighted by atomic mass is 9.97. The van der Waals surface area contributed by atoms with Crippen molar-refractivity contribution in [3.05, 3.63) is 0 Å². The predicted molar refractivity (Wildman–Crippen MR) is 62.5 cm³/mol. The van der Waals surface area contributed by atoms with Crippen molar-refractivity contribution < 1.29 is 4.79 Å². The molecule has 1 fully saturated rings. The largest absolute Gasteiger partial charge is 0.353 e. The zero-order chi connectivity index (χ0) is 11.1. The van der Waals surface area contributed by atoms with Gasteiger partial charge in [-0.15, -0.1) is 0 Å². The normalized spacial score (nSPS) is 27.1. The van der Waals surface area contributed by atoms with Crippen LogP contribution in [0.4, 0.5) is 0 Å².